The first kappa shape index (κ1) is 25.0. The molecule has 0 amide bonds. The number of aryl methyl sites for hydroxylation is 1. The highest BCUT2D eigenvalue weighted by Gasteiger charge is 2.33. The fourth-order valence-corrected chi connectivity index (χ4v) is 5.07. The maximum Gasteiger partial charge on any atom is 0.243 e. The molecule has 0 heterocycles. The second-order valence-corrected chi connectivity index (χ2v) is 10.8. The summed E-state index contributed by atoms with van der Waals surface area (Å²) in [5.41, 5.74) is 7.74. The third kappa shape index (κ3) is 7.44. The molecular weight excluding hydrogens is 410 g/mol. The standard InChI is InChI=1S/C24H33N3O3S/c1-19-10-12-21(13-11-19)31(29,30)27(18-24(2,3)14-7-15-25)17-23(28)22(26)16-20-8-5-4-6-9-20/h4-6,8-13,22-23,28H,7,14,16-18,26H2,1-3H3. The number of hydrogen-bond donors (Lipinski definition) is 2. The van der Waals surface area contributed by atoms with Gasteiger partial charge in [0.05, 0.1) is 17.1 Å². The van der Waals surface area contributed by atoms with Crippen LogP contribution in [0.15, 0.2) is 59.5 Å². The van der Waals surface area contributed by atoms with Crippen molar-refractivity contribution in [2.75, 3.05) is 13.1 Å². The van der Waals surface area contributed by atoms with Gasteiger partial charge in [-0.1, -0.05) is 61.9 Å². The van der Waals surface area contributed by atoms with E-state index in [1.54, 1.807) is 24.3 Å². The van der Waals surface area contributed by atoms with Gasteiger partial charge >= 0.3 is 0 Å². The molecule has 0 aromatic heterocycles. The fourth-order valence-electron chi connectivity index (χ4n) is 3.42. The average Bonchev–Trinajstić information content (AvgIpc) is 2.72. The lowest BCUT2D eigenvalue weighted by Gasteiger charge is -2.34. The summed E-state index contributed by atoms with van der Waals surface area (Å²) in [6, 6.07) is 17.7. The monoisotopic (exact) mass is 443 g/mol. The molecule has 6 nitrogen and oxygen atoms in total. The minimum atomic E-state index is -3.84. The van der Waals surface area contributed by atoms with Gasteiger partial charge in [-0.15, -0.1) is 0 Å². The van der Waals surface area contributed by atoms with E-state index in [1.807, 2.05) is 51.1 Å². The maximum absolute atomic E-state index is 13.4. The van der Waals surface area contributed by atoms with Crippen molar-refractivity contribution in [1.29, 1.82) is 5.26 Å². The SMILES string of the molecule is Cc1ccc(S(=O)(=O)N(CC(O)C(N)Cc2ccccc2)CC(C)(C)CCC#N)cc1. The number of aliphatic hydroxyl groups excluding tert-OH is 1. The molecule has 31 heavy (non-hydrogen) atoms. The Bertz CT molecular complexity index is 967. The Kier molecular flexibility index (Phi) is 8.78. The van der Waals surface area contributed by atoms with E-state index in [2.05, 4.69) is 6.07 Å². The predicted molar refractivity (Wildman–Crippen MR) is 123 cm³/mol. The van der Waals surface area contributed by atoms with Crippen LogP contribution in [0.25, 0.3) is 0 Å². The number of benzene rings is 2. The Balaban J connectivity index is 2.26. The summed E-state index contributed by atoms with van der Waals surface area (Å²) < 4.78 is 28.2. The van der Waals surface area contributed by atoms with Crippen LogP contribution in [-0.2, 0) is 16.4 Å². The lowest BCUT2D eigenvalue weighted by Crippen LogP contribution is -2.48. The molecule has 2 rings (SSSR count). The third-order valence-electron chi connectivity index (χ3n) is 5.38. The van der Waals surface area contributed by atoms with E-state index in [1.165, 1.54) is 4.31 Å². The molecule has 0 radical (unpaired) electrons. The molecule has 0 aliphatic heterocycles. The minimum Gasteiger partial charge on any atom is -0.390 e. The third-order valence-corrected chi connectivity index (χ3v) is 7.20. The first-order chi connectivity index (χ1) is 14.5. The Labute approximate surface area is 186 Å². The summed E-state index contributed by atoms with van der Waals surface area (Å²) in [5.74, 6) is 0. The van der Waals surface area contributed by atoms with Crippen LogP contribution in [0.5, 0.6) is 0 Å². The number of hydrogen-bond acceptors (Lipinski definition) is 5. The molecule has 0 saturated heterocycles. The van der Waals surface area contributed by atoms with Crippen LogP contribution < -0.4 is 5.73 Å². The van der Waals surface area contributed by atoms with Crippen LogP contribution in [0.1, 0.15) is 37.8 Å². The lowest BCUT2D eigenvalue weighted by atomic mass is 9.88. The van der Waals surface area contributed by atoms with Crippen molar-refractivity contribution in [2.45, 2.75) is 57.1 Å². The van der Waals surface area contributed by atoms with Crippen molar-refractivity contribution in [3.63, 3.8) is 0 Å². The van der Waals surface area contributed by atoms with Crippen LogP contribution in [-0.4, -0.2) is 43.1 Å². The molecule has 0 aliphatic rings. The number of sulfonamides is 1. The molecule has 2 atom stereocenters. The van der Waals surface area contributed by atoms with E-state index in [4.69, 9.17) is 11.0 Å². The summed E-state index contributed by atoms with van der Waals surface area (Å²) in [4.78, 5) is 0.179. The normalized spacial score (nSPS) is 14.2. The first-order valence-electron chi connectivity index (χ1n) is 10.5. The van der Waals surface area contributed by atoms with Crippen LogP contribution in [0.4, 0.5) is 0 Å². The highest BCUT2D eigenvalue weighted by atomic mass is 32.2. The first-order valence-corrected chi connectivity index (χ1v) is 11.9. The molecule has 2 unspecified atom stereocenters. The zero-order valence-electron chi connectivity index (χ0n) is 18.5. The molecular formula is C24H33N3O3S. The Morgan fingerprint density at radius 1 is 1.13 bits per heavy atom. The van der Waals surface area contributed by atoms with Crippen molar-refractivity contribution >= 4 is 10.0 Å². The van der Waals surface area contributed by atoms with Gasteiger partial charge in [0.2, 0.25) is 10.0 Å². The molecule has 7 heteroatoms. The Morgan fingerprint density at radius 3 is 2.32 bits per heavy atom. The van der Waals surface area contributed by atoms with E-state index >= 15 is 0 Å². The van der Waals surface area contributed by atoms with E-state index in [-0.39, 0.29) is 18.0 Å². The summed E-state index contributed by atoms with van der Waals surface area (Å²) in [6.07, 6.45) is 0.294. The Morgan fingerprint density at radius 2 is 1.74 bits per heavy atom. The summed E-state index contributed by atoms with van der Waals surface area (Å²) in [6.45, 7) is 5.82. The molecule has 0 aliphatic carbocycles. The number of rotatable bonds is 11. The van der Waals surface area contributed by atoms with Gasteiger partial charge in [-0.05, 0) is 42.9 Å². The smallest absolute Gasteiger partial charge is 0.243 e. The highest BCUT2D eigenvalue weighted by molar-refractivity contribution is 7.89. The van der Waals surface area contributed by atoms with Gasteiger partial charge in [0.25, 0.3) is 0 Å². The van der Waals surface area contributed by atoms with Crippen molar-refractivity contribution in [2.24, 2.45) is 11.1 Å². The van der Waals surface area contributed by atoms with E-state index in [9.17, 15) is 13.5 Å². The van der Waals surface area contributed by atoms with Crippen molar-refractivity contribution in [1.82, 2.24) is 4.31 Å². The van der Waals surface area contributed by atoms with Gasteiger partial charge in [0.15, 0.2) is 0 Å². The number of nitrogens with zero attached hydrogens (tertiary/aromatic N) is 2. The average molecular weight is 444 g/mol. The molecule has 0 fully saturated rings. The lowest BCUT2D eigenvalue weighted by molar-refractivity contribution is 0.106. The molecule has 2 aromatic rings. The van der Waals surface area contributed by atoms with Crippen LogP contribution in [0.2, 0.25) is 0 Å². The van der Waals surface area contributed by atoms with Crippen molar-refractivity contribution in [3.05, 3.63) is 65.7 Å². The molecule has 168 valence electrons. The van der Waals surface area contributed by atoms with E-state index < -0.39 is 27.6 Å². The van der Waals surface area contributed by atoms with Crippen LogP contribution in [0.3, 0.4) is 0 Å². The minimum absolute atomic E-state index is 0.111. The highest BCUT2D eigenvalue weighted by Crippen LogP contribution is 2.27. The molecule has 2 aromatic carbocycles. The molecule has 3 N–H and O–H groups in total. The second-order valence-electron chi connectivity index (χ2n) is 8.85. The topological polar surface area (TPSA) is 107 Å². The van der Waals surface area contributed by atoms with Gasteiger partial charge < -0.3 is 10.8 Å². The predicted octanol–water partition coefficient (Wildman–Crippen LogP) is 3.25. The van der Waals surface area contributed by atoms with Gasteiger partial charge in [-0.2, -0.15) is 9.57 Å². The van der Waals surface area contributed by atoms with Gasteiger partial charge in [0.1, 0.15) is 0 Å². The maximum atomic E-state index is 13.4. The number of nitriles is 1. The van der Waals surface area contributed by atoms with Crippen LogP contribution >= 0.6 is 0 Å². The fraction of sp³-hybridized carbons (Fsp3) is 0.458. The van der Waals surface area contributed by atoms with Gasteiger partial charge in [-0.25, -0.2) is 8.42 Å². The van der Waals surface area contributed by atoms with E-state index in [0.29, 0.717) is 19.3 Å². The zero-order valence-corrected chi connectivity index (χ0v) is 19.3. The van der Waals surface area contributed by atoms with Crippen LogP contribution in [0, 0.1) is 23.7 Å². The number of nitrogens with two attached hydrogens (primary N) is 1. The van der Waals surface area contributed by atoms with Crippen molar-refractivity contribution < 1.29 is 13.5 Å². The number of aliphatic hydroxyl groups is 1. The quantitative estimate of drug-likeness (QED) is 0.554. The summed E-state index contributed by atoms with van der Waals surface area (Å²) in [5, 5.41) is 19.7. The van der Waals surface area contributed by atoms with Crippen molar-refractivity contribution in [3.8, 4) is 6.07 Å². The Hall–Kier alpha value is -2.24. The molecule has 0 spiro atoms. The second kappa shape index (κ2) is 10.9. The van der Waals surface area contributed by atoms with Gasteiger partial charge in [-0.3, -0.25) is 0 Å². The summed E-state index contributed by atoms with van der Waals surface area (Å²) in [7, 11) is -3.84. The molecule has 0 bridgehead atoms. The molecule has 0 saturated carbocycles. The van der Waals surface area contributed by atoms with E-state index in [0.717, 1.165) is 11.1 Å². The van der Waals surface area contributed by atoms with Gasteiger partial charge in [0, 0.05) is 25.6 Å². The zero-order chi connectivity index (χ0) is 23.1. The largest absolute Gasteiger partial charge is 0.390 e. The summed E-state index contributed by atoms with van der Waals surface area (Å²) >= 11 is 0.